The Kier molecular flexibility index (Phi) is 22.9. The van der Waals surface area contributed by atoms with Gasteiger partial charge in [0.1, 0.15) is 18.5 Å². The first-order valence-corrected chi connectivity index (χ1v) is 21.6. The monoisotopic (exact) mass is 717 g/mol. The second kappa shape index (κ2) is 27.2. The molecule has 3 atom stereocenters. The van der Waals surface area contributed by atoms with Crippen molar-refractivity contribution in [3.63, 3.8) is 0 Å². The summed E-state index contributed by atoms with van der Waals surface area (Å²) in [6.07, 6.45) is 20.0. The maximum Gasteiger partial charge on any atom is 0.242 e. The molecule has 0 aliphatic rings. The number of alkyl halides is 3. The van der Waals surface area contributed by atoms with Crippen LogP contribution in [0.3, 0.4) is 0 Å². The van der Waals surface area contributed by atoms with Gasteiger partial charge in [0, 0.05) is 0 Å². The van der Waals surface area contributed by atoms with Crippen molar-refractivity contribution in [1.82, 2.24) is 0 Å². The van der Waals surface area contributed by atoms with Crippen molar-refractivity contribution in [3.05, 3.63) is 89.5 Å². The molecule has 0 radical (unpaired) electrons. The molecule has 0 saturated carbocycles. The SMILES string of the molecule is CCCCCCC(F)CCCc1ccccc1B(c1ccccc1CCCC(F)CCCCCC)c1ccccc1CCCC(F)CCCCCC. The van der Waals surface area contributed by atoms with E-state index in [2.05, 4.69) is 93.6 Å². The summed E-state index contributed by atoms with van der Waals surface area (Å²) >= 11 is 0. The Labute approximate surface area is 318 Å². The third kappa shape index (κ3) is 16.7. The molecule has 0 saturated heterocycles. The molecular weight excluding hydrogens is 644 g/mol. The first-order valence-electron chi connectivity index (χ1n) is 21.6. The van der Waals surface area contributed by atoms with Crippen molar-refractivity contribution < 1.29 is 13.2 Å². The predicted octanol–water partition coefficient (Wildman–Crippen LogP) is 13.1. The third-order valence-electron chi connectivity index (χ3n) is 11.1. The lowest BCUT2D eigenvalue weighted by molar-refractivity contribution is 0.282. The van der Waals surface area contributed by atoms with E-state index in [9.17, 15) is 13.2 Å². The highest BCUT2D eigenvalue weighted by Crippen LogP contribution is 2.19. The van der Waals surface area contributed by atoms with Crippen molar-refractivity contribution in [1.29, 1.82) is 0 Å². The highest BCUT2D eigenvalue weighted by Gasteiger charge is 2.28. The van der Waals surface area contributed by atoms with Crippen LogP contribution in [0, 0.1) is 0 Å². The largest absolute Gasteiger partial charge is 0.247 e. The second-order valence-electron chi connectivity index (χ2n) is 15.5. The average molecular weight is 717 g/mol. The van der Waals surface area contributed by atoms with Gasteiger partial charge in [-0.15, -0.1) is 0 Å². The summed E-state index contributed by atoms with van der Waals surface area (Å²) in [6, 6.07) is 26.3. The van der Waals surface area contributed by atoms with Gasteiger partial charge in [-0.25, -0.2) is 13.2 Å². The van der Waals surface area contributed by atoms with Crippen LogP contribution in [0.15, 0.2) is 72.8 Å². The number of aryl methyl sites for hydroxylation is 3. The number of hydrogen-bond acceptors (Lipinski definition) is 0. The molecule has 0 aliphatic carbocycles. The third-order valence-corrected chi connectivity index (χ3v) is 11.1. The van der Waals surface area contributed by atoms with Crippen molar-refractivity contribution in [2.75, 3.05) is 0 Å². The van der Waals surface area contributed by atoms with Crippen LogP contribution in [0.1, 0.15) is 172 Å². The molecule has 3 aromatic rings. The van der Waals surface area contributed by atoms with Crippen LogP contribution in [-0.2, 0) is 19.3 Å². The summed E-state index contributed by atoms with van der Waals surface area (Å²) in [5.41, 5.74) is 7.67. The molecule has 52 heavy (non-hydrogen) atoms. The molecule has 0 N–H and O–H groups in total. The van der Waals surface area contributed by atoms with Crippen LogP contribution in [0.5, 0.6) is 0 Å². The molecule has 3 unspecified atom stereocenters. The van der Waals surface area contributed by atoms with Gasteiger partial charge in [0.2, 0.25) is 6.71 Å². The van der Waals surface area contributed by atoms with E-state index < -0.39 is 18.5 Å². The Hall–Kier alpha value is -2.49. The fourth-order valence-corrected chi connectivity index (χ4v) is 7.99. The number of unbranched alkanes of at least 4 members (excludes halogenated alkanes) is 9. The highest BCUT2D eigenvalue weighted by atomic mass is 19.1. The lowest BCUT2D eigenvalue weighted by atomic mass is 9.34. The Bertz CT molecular complexity index is 1160. The summed E-state index contributed by atoms with van der Waals surface area (Å²) in [4.78, 5) is 0. The van der Waals surface area contributed by atoms with E-state index in [4.69, 9.17) is 0 Å². The average Bonchev–Trinajstić information content (AvgIpc) is 3.15. The van der Waals surface area contributed by atoms with Gasteiger partial charge in [-0.3, -0.25) is 0 Å². The van der Waals surface area contributed by atoms with Crippen molar-refractivity contribution >= 4 is 23.1 Å². The summed E-state index contributed by atoms with van der Waals surface area (Å²) in [6.45, 7) is 6.59. The van der Waals surface area contributed by atoms with Gasteiger partial charge in [0.15, 0.2) is 0 Å². The normalized spacial score (nSPS) is 13.3. The smallest absolute Gasteiger partial charge is 0.242 e. The second-order valence-corrected chi connectivity index (χ2v) is 15.5. The van der Waals surface area contributed by atoms with Gasteiger partial charge in [-0.05, 0) is 77.0 Å². The molecule has 3 aromatic carbocycles. The quantitative estimate of drug-likeness (QED) is 0.0476. The minimum Gasteiger partial charge on any atom is -0.247 e. The van der Waals surface area contributed by atoms with Crippen LogP contribution < -0.4 is 16.4 Å². The van der Waals surface area contributed by atoms with E-state index >= 15 is 0 Å². The van der Waals surface area contributed by atoms with Crippen LogP contribution in [0.4, 0.5) is 13.2 Å². The Balaban J connectivity index is 1.86. The topological polar surface area (TPSA) is 0 Å². The summed E-state index contributed by atoms with van der Waals surface area (Å²) in [5.74, 6) is 0. The van der Waals surface area contributed by atoms with Crippen LogP contribution in [-0.4, -0.2) is 25.2 Å². The number of hydrogen-bond donors (Lipinski definition) is 0. The van der Waals surface area contributed by atoms with E-state index in [1.807, 2.05) is 0 Å². The van der Waals surface area contributed by atoms with E-state index in [1.54, 1.807) is 0 Å². The van der Waals surface area contributed by atoms with Gasteiger partial charge in [0.05, 0.1) is 0 Å². The zero-order valence-electron chi connectivity index (χ0n) is 33.3. The van der Waals surface area contributed by atoms with Crippen molar-refractivity contribution in [3.8, 4) is 0 Å². The Morgan fingerprint density at radius 3 is 0.923 bits per heavy atom. The van der Waals surface area contributed by atoms with Gasteiger partial charge in [0.25, 0.3) is 0 Å². The minimum absolute atomic E-state index is 0.00394. The molecule has 0 aliphatic heterocycles. The summed E-state index contributed by atoms with van der Waals surface area (Å²) in [7, 11) is 0. The standard InChI is InChI=1S/C48H72BF3/c1-4-7-10-13-31-43(50)34-22-28-40-25-16-19-37-46(40)49(47-38-20-17-26-41(47)29-23-35-44(51)32-14-11-8-5-2)48-39-21-18-27-42(48)30-24-36-45(52)33-15-12-9-6-3/h16-21,25-27,37-39,43-45H,4-15,22-24,28-36H2,1-3H3. The van der Waals surface area contributed by atoms with Crippen LogP contribution in [0.25, 0.3) is 0 Å². The molecule has 0 fully saturated rings. The molecule has 0 spiro atoms. The van der Waals surface area contributed by atoms with Crippen LogP contribution in [0.2, 0.25) is 0 Å². The van der Waals surface area contributed by atoms with Gasteiger partial charge in [-0.2, -0.15) is 0 Å². The number of benzene rings is 3. The number of rotatable bonds is 30. The zero-order valence-corrected chi connectivity index (χ0v) is 33.3. The Morgan fingerprint density at radius 2 is 0.635 bits per heavy atom. The van der Waals surface area contributed by atoms with E-state index in [0.717, 1.165) is 77.0 Å². The van der Waals surface area contributed by atoms with E-state index in [-0.39, 0.29) is 6.71 Å². The molecule has 0 amide bonds. The molecule has 0 nitrogen and oxygen atoms in total. The Morgan fingerprint density at radius 1 is 0.365 bits per heavy atom. The lowest BCUT2D eigenvalue weighted by Crippen LogP contribution is -2.55. The molecule has 3 rings (SSSR count). The van der Waals surface area contributed by atoms with Gasteiger partial charge in [-0.1, -0.05) is 204 Å². The molecule has 288 valence electrons. The van der Waals surface area contributed by atoms with Gasteiger partial charge >= 0.3 is 0 Å². The van der Waals surface area contributed by atoms with Gasteiger partial charge < -0.3 is 0 Å². The predicted molar refractivity (Wildman–Crippen MR) is 224 cm³/mol. The van der Waals surface area contributed by atoms with E-state index in [0.29, 0.717) is 38.5 Å². The maximum absolute atomic E-state index is 14.9. The highest BCUT2D eigenvalue weighted by molar-refractivity contribution is 6.96. The minimum atomic E-state index is -0.738. The molecular formula is C48H72BF3. The van der Waals surface area contributed by atoms with Crippen molar-refractivity contribution in [2.24, 2.45) is 0 Å². The summed E-state index contributed by atoms with van der Waals surface area (Å²) < 4.78 is 44.8. The molecule has 0 aromatic heterocycles. The summed E-state index contributed by atoms with van der Waals surface area (Å²) in [5, 5.41) is 0. The number of halogens is 3. The first kappa shape index (κ1) is 43.9. The fraction of sp³-hybridized carbons (Fsp3) is 0.625. The fourth-order valence-electron chi connectivity index (χ4n) is 7.99. The molecule has 0 bridgehead atoms. The zero-order chi connectivity index (χ0) is 37.2. The first-order chi connectivity index (χ1) is 25.5. The lowest BCUT2D eigenvalue weighted by Gasteiger charge is -2.24. The van der Waals surface area contributed by atoms with E-state index in [1.165, 1.54) is 71.6 Å². The molecule has 4 heteroatoms. The van der Waals surface area contributed by atoms with Crippen molar-refractivity contribution in [2.45, 2.75) is 193 Å². The molecule has 0 heterocycles. The maximum atomic E-state index is 14.9. The van der Waals surface area contributed by atoms with Crippen LogP contribution >= 0.6 is 0 Å².